The molecule has 0 radical (unpaired) electrons. The summed E-state index contributed by atoms with van der Waals surface area (Å²) in [6.07, 6.45) is 10.2. The molecule has 1 unspecified atom stereocenters. The van der Waals surface area contributed by atoms with E-state index in [9.17, 15) is 9.90 Å². The van der Waals surface area contributed by atoms with E-state index in [4.69, 9.17) is 0 Å². The molecule has 6 nitrogen and oxygen atoms in total. The topological polar surface area (TPSA) is 91.8 Å². The molecule has 0 saturated heterocycles. The maximum absolute atomic E-state index is 12.3. The van der Waals surface area contributed by atoms with E-state index < -0.39 is 0 Å². The molecule has 0 spiro atoms. The second-order valence-electron chi connectivity index (χ2n) is 8.07. The minimum atomic E-state index is -0.360. The van der Waals surface area contributed by atoms with Crippen molar-refractivity contribution in [3.8, 4) is 0 Å². The van der Waals surface area contributed by atoms with Gasteiger partial charge in [0.05, 0.1) is 6.10 Å². The first kappa shape index (κ1) is 20.6. The number of aryl methyl sites for hydroxylation is 1. The van der Waals surface area contributed by atoms with Crippen molar-refractivity contribution in [1.82, 2.24) is 20.6 Å². The average molecular weight is 385 g/mol. The van der Waals surface area contributed by atoms with Gasteiger partial charge in [-0.05, 0) is 50.0 Å². The van der Waals surface area contributed by atoms with Gasteiger partial charge in [-0.2, -0.15) is 5.21 Å². The Morgan fingerprint density at radius 2 is 1.93 bits per heavy atom. The van der Waals surface area contributed by atoms with Crippen molar-refractivity contribution in [2.75, 3.05) is 0 Å². The lowest BCUT2D eigenvalue weighted by molar-refractivity contribution is -0.121. The lowest BCUT2D eigenvalue weighted by Gasteiger charge is -2.20. The molecule has 3 atom stereocenters. The van der Waals surface area contributed by atoms with Crippen molar-refractivity contribution in [3.05, 3.63) is 41.7 Å². The molecule has 1 heterocycles. The Morgan fingerprint density at radius 3 is 2.71 bits per heavy atom. The van der Waals surface area contributed by atoms with E-state index in [1.807, 2.05) is 30.3 Å². The molecule has 3 rings (SSSR count). The maximum atomic E-state index is 12.3. The highest BCUT2D eigenvalue weighted by Gasteiger charge is 2.33. The summed E-state index contributed by atoms with van der Waals surface area (Å²) >= 11 is 0. The van der Waals surface area contributed by atoms with Crippen molar-refractivity contribution in [1.29, 1.82) is 0 Å². The first-order valence-corrected chi connectivity index (χ1v) is 10.7. The molecule has 1 aromatic heterocycles. The molecule has 0 amide bonds. The molecule has 6 heteroatoms. The fraction of sp³-hybridized carbons (Fsp3) is 0.636. The zero-order chi connectivity index (χ0) is 19.6. The van der Waals surface area contributed by atoms with Crippen LogP contribution in [0.25, 0.3) is 0 Å². The van der Waals surface area contributed by atoms with Gasteiger partial charge < -0.3 is 5.11 Å². The van der Waals surface area contributed by atoms with Gasteiger partial charge in [-0.25, -0.2) is 0 Å². The lowest BCUT2D eigenvalue weighted by Crippen LogP contribution is -2.19. The van der Waals surface area contributed by atoms with E-state index in [0.717, 1.165) is 56.3 Å². The Bertz CT molecular complexity index is 690. The number of hydrogen-bond acceptors (Lipinski definition) is 5. The molecule has 1 fully saturated rings. The highest BCUT2D eigenvalue weighted by atomic mass is 16.3. The number of nitrogens with one attached hydrogen (secondary N) is 1. The summed E-state index contributed by atoms with van der Waals surface area (Å²) in [5.41, 5.74) is 1.16. The third kappa shape index (κ3) is 6.51. The number of Topliss-reactive ketones (excluding diaryl/α,β-unsaturated/α-hetero) is 1. The van der Waals surface area contributed by atoms with Crippen LogP contribution in [-0.2, 0) is 17.6 Å². The van der Waals surface area contributed by atoms with Crippen molar-refractivity contribution in [2.45, 2.75) is 76.7 Å². The van der Waals surface area contributed by atoms with Gasteiger partial charge in [-0.1, -0.05) is 54.8 Å². The largest absolute Gasteiger partial charge is 0.393 e. The quantitative estimate of drug-likeness (QED) is 0.545. The fourth-order valence-corrected chi connectivity index (χ4v) is 4.41. The highest BCUT2D eigenvalue weighted by Crippen LogP contribution is 2.36. The zero-order valence-electron chi connectivity index (χ0n) is 16.6. The molecule has 152 valence electrons. The number of rotatable bonds is 12. The highest BCUT2D eigenvalue weighted by molar-refractivity contribution is 5.83. The number of carbonyl (C=O) groups is 1. The Hall–Kier alpha value is -2.08. The number of hydrogen-bond donors (Lipinski definition) is 2. The van der Waals surface area contributed by atoms with Gasteiger partial charge in [0.1, 0.15) is 5.78 Å². The normalized spacial score (nSPS) is 20.5. The van der Waals surface area contributed by atoms with E-state index in [2.05, 4.69) is 20.6 Å². The summed E-state index contributed by atoms with van der Waals surface area (Å²) in [4.78, 5) is 12.3. The van der Waals surface area contributed by atoms with Gasteiger partial charge in [0.2, 0.25) is 0 Å². The second kappa shape index (κ2) is 11.1. The SMILES string of the molecule is O=C1CC[C@H](CCCCCCc2nn[nH]n2)[C@H]1CCC(O)Cc1ccccc1. The Labute approximate surface area is 167 Å². The van der Waals surface area contributed by atoms with E-state index in [-0.39, 0.29) is 12.0 Å². The summed E-state index contributed by atoms with van der Waals surface area (Å²) in [7, 11) is 0. The predicted molar refractivity (Wildman–Crippen MR) is 108 cm³/mol. The maximum Gasteiger partial charge on any atom is 0.174 e. The first-order chi connectivity index (χ1) is 13.7. The summed E-state index contributed by atoms with van der Waals surface area (Å²) in [6.45, 7) is 0. The standard InChI is InChI=1S/C22H32N4O2/c27-19(16-17-8-4-3-5-9-17)13-14-20-18(12-15-21(20)28)10-6-1-2-7-11-22-23-25-26-24-22/h3-5,8-9,18-20,27H,1-2,6-7,10-16H2,(H,23,24,25,26)/t18-,19?,20+/m0/s1. The van der Waals surface area contributed by atoms with Crippen LogP contribution in [0.3, 0.4) is 0 Å². The number of aromatic amines is 1. The minimum absolute atomic E-state index is 0.157. The van der Waals surface area contributed by atoms with Gasteiger partial charge in [0, 0.05) is 18.8 Å². The molecule has 2 N–H and O–H groups in total. The van der Waals surface area contributed by atoms with Crippen LogP contribution in [0.2, 0.25) is 0 Å². The van der Waals surface area contributed by atoms with Crippen LogP contribution < -0.4 is 0 Å². The third-order valence-corrected chi connectivity index (χ3v) is 5.98. The molecule has 1 saturated carbocycles. The van der Waals surface area contributed by atoms with Crippen LogP contribution in [0.5, 0.6) is 0 Å². The number of aromatic nitrogens is 4. The number of unbranched alkanes of at least 4 members (excludes halogenated alkanes) is 3. The average Bonchev–Trinajstić information content (AvgIpc) is 3.34. The number of nitrogens with zero attached hydrogens (tertiary/aromatic N) is 3. The number of carbonyl (C=O) groups excluding carboxylic acids is 1. The van der Waals surface area contributed by atoms with Gasteiger partial charge in [-0.3, -0.25) is 4.79 Å². The monoisotopic (exact) mass is 384 g/mol. The lowest BCUT2D eigenvalue weighted by atomic mass is 9.85. The molecule has 0 aliphatic heterocycles. The van der Waals surface area contributed by atoms with Crippen LogP contribution in [0.4, 0.5) is 0 Å². The van der Waals surface area contributed by atoms with Crippen molar-refractivity contribution >= 4 is 5.78 Å². The van der Waals surface area contributed by atoms with E-state index in [1.165, 1.54) is 12.8 Å². The van der Waals surface area contributed by atoms with Crippen LogP contribution in [0.15, 0.2) is 30.3 Å². The van der Waals surface area contributed by atoms with Crippen LogP contribution >= 0.6 is 0 Å². The first-order valence-electron chi connectivity index (χ1n) is 10.7. The molecular formula is C22H32N4O2. The molecular weight excluding hydrogens is 352 g/mol. The number of tetrazole rings is 1. The number of benzene rings is 1. The van der Waals surface area contributed by atoms with Gasteiger partial charge in [0.15, 0.2) is 5.82 Å². The number of aliphatic hydroxyl groups is 1. The van der Waals surface area contributed by atoms with E-state index in [0.29, 0.717) is 24.5 Å². The third-order valence-electron chi connectivity index (χ3n) is 5.98. The summed E-state index contributed by atoms with van der Waals surface area (Å²) < 4.78 is 0. The van der Waals surface area contributed by atoms with Crippen molar-refractivity contribution in [3.63, 3.8) is 0 Å². The van der Waals surface area contributed by atoms with Crippen molar-refractivity contribution in [2.24, 2.45) is 11.8 Å². The van der Waals surface area contributed by atoms with Crippen LogP contribution in [0, 0.1) is 11.8 Å². The van der Waals surface area contributed by atoms with Crippen LogP contribution in [-0.4, -0.2) is 37.6 Å². The second-order valence-corrected chi connectivity index (χ2v) is 8.07. The number of ketones is 1. The molecule has 1 aromatic carbocycles. The smallest absolute Gasteiger partial charge is 0.174 e. The Kier molecular flexibility index (Phi) is 8.15. The van der Waals surface area contributed by atoms with E-state index in [1.54, 1.807) is 0 Å². The Balaban J connectivity index is 1.32. The Morgan fingerprint density at radius 1 is 1.11 bits per heavy atom. The molecule has 0 bridgehead atoms. The van der Waals surface area contributed by atoms with Gasteiger partial charge >= 0.3 is 0 Å². The fourth-order valence-electron chi connectivity index (χ4n) is 4.41. The van der Waals surface area contributed by atoms with Gasteiger partial charge in [-0.15, -0.1) is 10.2 Å². The zero-order valence-corrected chi connectivity index (χ0v) is 16.6. The number of aliphatic hydroxyl groups excluding tert-OH is 1. The minimum Gasteiger partial charge on any atom is -0.393 e. The van der Waals surface area contributed by atoms with E-state index >= 15 is 0 Å². The summed E-state index contributed by atoms with van der Waals surface area (Å²) in [6, 6.07) is 10.1. The van der Waals surface area contributed by atoms with Crippen LogP contribution in [0.1, 0.15) is 69.2 Å². The predicted octanol–water partition coefficient (Wildman–Crippen LogP) is 3.67. The summed E-state index contributed by atoms with van der Waals surface area (Å²) in [5.74, 6) is 1.86. The molecule has 1 aliphatic rings. The number of H-pyrrole nitrogens is 1. The summed E-state index contributed by atoms with van der Waals surface area (Å²) in [5, 5.41) is 24.4. The molecule has 1 aliphatic carbocycles. The van der Waals surface area contributed by atoms with Crippen molar-refractivity contribution < 1.29 is 9.90 Å². The molecule has 2 aromatic rings. The van der Waals surface area contributed by atoms with Gasteiger partial charge in [0.25, 0.3) is 0 Å². The molecule has 28 heavy (non-hydrogen) atoms.